The van der Waals surface area contributed by atoms with Crippen LogP contribution in [0, 0.1) is 5.92 Å². The summed E-state index contributed by atoms with van der Waals surface area (Å²) in [6.07, 6.45) is 0. The van der Waals surface area contributed by atoms with Gasteiger partial charge in [-0.25, -0.2) is 0 Å². The van der Waals surface area contributed by atoms with Crippen molar-refractivity contribution >= 4 is 23.4 Å². The third kappa shape index (κ3) is 3.47. The van der Waals surface area contributed by atoms with Crippen molar-refractivity contribution in [2.45, 2.75) is 13.8 Å². The van der Waals surface area contributed by atoms with Crippen LogP contribution < -0.4 is 0 Å². The van der Waals surface area contributed by atoms with Crippen molar-refractivity contribution in [1.29, 1.82) is 0 Å². The number of phenolic OH excluding ortho intramolecular Hbond substituents is 1. The van der Waals surface area contributed by atoms with Crippen LogP contribution in [-0.4, -0.2) is 52.9 Å². The van der Waals surface area contributed by atoms with Crippen molar-refractivity contribution in [2.75, 3.05) is 26.2 Å². The Hall–Kier alpha value is -1.75. The van der Waals surface area contributed by atoms with E-state index in [0.29, 0.717) is 31.2 Å². The molecule has 2 amide bonds. The number of benzene rings is 1. The van der Waals surface area contributed by atoms with Crippen LogP contribution in [0.4, 0.5) is 0 Å². The van der Waals surface area contributed by atoms with Gasteiger partial charge in [0.25, 0.3) is 5.91 Å². The lowest BCUT2D eigenvalue weighted by Crippen LogP contribution is -2.51. The molecule has 0 radical (unpaired) electrons. The molecular weight excluding hydrogens is 292 g/mol. The molecule has 1 fully saturated rings. The third-order valence-electron chi connectivity index (χ3n) is 3.56. The summed E-state index contributed by atoms with van der Waals surface area (Å²) in [7, 11) is 0. The molecule has 1 aromatic carbocycles. The molecule has 0 aromatic heterocycles. The van der Waals surface area contributed by atoms with Gasteiger partial charge in [0.1, 0.15) is 5.75 Å². The van der Waals surface area contributed by atoms with Crippen molar-refractivity contribution in [1.82, 2.24) is 9.80 Å². The van der Waals surface area contributed by atoms with E-state index < -0.39 is 0 Å². The number of rotatable bonds is 2. The fraction of sp³-hybridized carbons (Fsp3) is 0.467. The van der Waals surface area contributed by atoms with Gasteiger partial charge in [-0.3, -0.25) is 9.59 Å². The summed E-state index contributed by atoms with van der Waals surface area (Å²) in [5, 5.41) is 10.2. The van der Waals surface area contributed by atoms with Crippen LogP contribution >= 0.6 is 11.6 Å². The maximum absolute atomic E-state index is 12.4. The molecule has 0 atom stereocenters. The largest absolute Gasteiger partial charge is 0.507 e. The van der Waals surface area contributed by atoms with Crippen LogP contribution in [0.15, 0.2) is 18.2 Å². The second kappa shape index (κ2) is 6.35. The number of piperazine rings is 1. The van der Waals surface area contributed by atoms with Crippen molar-refractivity contribution in [3.63, 3.8) is 0 Å². The van der Waals surface area contributed by atoms with Crippen LogP contribution in [0.2, 0.25) is 5.02 Å². The lowest BCUT2D eigenvalue weighted by molar-refractivity contribution is -0.135. The third-order valence-corrected chi connectivity index (χ3v) is 3.80. The van der Waals surface area contributed by atoms with Crippen LogP contribution in [0.5, 0.6) is 5.75 Å². The van der Waals surface area contributed by atoms with E-state index in [1.54, 1.807) is 9.80 Å². The Bertz CT molecular complexity index is 552. The summed E-state index contributed by atoms with van der Waals surface area (Å²) < 4.78 is 0. The first-order valence-electron chi connectivity index (χ1n) is 6.96. The van der Waals surface area contributed by atoms with Crippen LogP contribution in [0.3, 0.4) is 0 Å². The van der Waals surface area contributed by atoms with Crippen molar-refractivity contribution in [3.8, 4) is 5.75 Å². The highest BCUT2D eigenvalue weighted by molar-refractivity contribution is 6.31. The molecule has 0 aliphatic carbocycles. The molecule has 1 heterocycles. The minimum absolute atomic E-state index is 0.0378. The molecule has 21 heavy (non-hydrogen) atoms. The Kier molecular flexibility index (Phi) is 4.73. The summed E-state index contributed by atoms with van der Waals surface area (Å²) in [5.41, 5.74) is 0.200. The molecule has 1 aromatic rings. The van der Waals surface area contributed by atoms with E-state index in [4.69, 9.17) is 11.6 Å². The normalized spacial score (nSPS) is 15.4. The maximum atomic E-state index is 12.4. The number of amides is 2. The topological polar surface area (TPSA) is 60.9 Å². The number of halogens is 1. The van der Waals surface area contributed by atoms with Crippen LogP contribution in [0.1, 0.15) is 24.2 Å². The second-order valence-corrected chi connectivity index (χ2v) is 5.87. The van der Waals surface area contributed by atoms with Gasteiger partial charge < -0.3 is 14.9 Å². The molecule has 1 aliphatic heterocycles. The molecule has 5 nitrogen and oxygen atoms in total. The number of carbonyl (C=O) groups is 2. The summed E-state index contributed by atoms with van der Waals surface area (Å²) in [6.45, 7) is 5.69. The first-order chi connectivity index (χ1) is 9.90. The zero-order valence-corrected chi connectivity index (χ0v) is 12.9. The van der Waals surface area contributed by atoms with Gasteiger partial charge in [-0.1, -0.05) is 25.4 Å². The van der Waals surface area contributed by atoms with Gasteiger partial charge in [0.15, 0.2) is 0 Å². The van der Waals surface area contributed by atoms with Gasteiger partial charge in [0, 0.05) is 37.1 Å². The Morgan fingerprint density at radius 1 is 1.14 bits per heavy atom. The maximum Gasteiger partial charge on any atom is 0.257 e. The summed E-state index contributed by atoms with van der Waals surface area (Å²) in [4.78, 5) is 27.7. The highest BCUT2D eigenvalue weighted by Gasteiger charge is 2.27. The number of hydrogen-bond acceptors (Lipinski definition) is 3. The SMILES string of the molecule is CC(C)C(=O)N1CCN(C(=O)c2cc(Cl)ccc2O)CC1. The molecule has 1 N–H and O–H groups in total. The minimum Gasteiger partial charge on any atom is -0.507 e. The van der Waals surface area contributed by atoms with Crippen LogP contribution in [-0.2, 0) is 4.79 Å². The smallest absolute Gasteiger partial charge is 0.257 e. The Balaban J connectivity index is 2.03. The summed E-state index contributed by atoms with van der Waals surface area (Å²) >= 11 is 5.86. The van der Waals surface area contributed by atoms with Gasteiger partial charge in [-0.15, -0.1) is 0 Å². The average molecular weight is 311 g/mol. The van der Waals surface area contributed by atoms with E-state index in [-0.39, 0.29) is 29.0 Å². The van der Waals surface area contributed by atoms with E-state index >= 15 is 0 Å². The molecule has 0 spiro atoms. The molecule has 6 heteroatoms. The summed E-state index contributed by atoms with van der Waals surface area (Å²) in [5.74, 6) is -0.270. The fourth-order valence-electron chi connectivity index (χ4n) is 2.34. The molecule has 0 bridgehead atoms. The zero-order chi connectivity index (χ0) is 15.6. The van der Waals surface area contributed by atoms with E-state index in [9.17, 15) is 14.7 Å². The fourth-order valence-corrected chi connectivity index (χ4v) is 2.52. The van der Waals surface area contributed by atoms with Gasteiger partial charge in [0.05, 0.1) is 5.56 Å². The molecule has 1 aliphatic rings. The average Bonchev–Trinajstić information content (AvgIpc) is 2.48. The Morgan fingerprint density at radius 3 is 2.29 bits per heavy atom. The lowest BCUT2D eigenvalue weighted by atomic mass is 10.1. The number of carbonyl (C=O) groups excluding carboxylic acids is 2. The molecule has 1 saturated heterocycles. The van der Waals surface area contributed by atoms with Gasteiger partial charge in [-0.05, 0) is 18.2 Å². The van der Waals surface area contributed by atoms with E-state index in [2.05, 4.69) is 0 Å². The number of phenols is 1. The summed E-state index contributed by atoms with van der Waals surface area (Å²) in [6, 6.07) is 4.41. The molecule has 2 rings (SSSR count). The molecular formula is C15H19ClN2O3. The van der Waals surface area contributed by atoms with E-state index in [1.165, 1.54) is 18.2 Å². The first kappa shape index (κ1) is 15.6. The van der Waals surface area contributed by atoms with Gasteiger partial charge in [0.2, 0.25) is 5.91 Å². The number of aromatic hydroxyl groups is 1. The monoisotopic (exact) mass is 310 g/mol. The Morgan fingerprint density at radius 2 is 1.71 bits per heavy atom. The lowest BCUT2D eigenvalue weighted by Gasteiger charge is -2.35. The standard InChI is InChI=1S/C15H19ClN2O3/c1-10(2)14(20)17-5-7-18(8-6-17)15(21)12-9-11(16)3-4-13(12)19/h3-4,9-10,19H,5-8H2,1-2H3. The van der Waals surface area contributed by atoms with Gasteiger partial charge in [-0.2, -0.15) is 0 Å². The van der Waals surface area contributed by atoms with E-state index in [0.717, 1.165) is 0 Å². The van der Waals surface area contributed by atoms with Crippen LogP contribution in [0.25, 0.3) is 0 Å². The van der Waals surface area contributed by atoms with E-state index in [1.807, 2.05) is 13.8 Å². The second-order valence-electron chi connectivity index (χ2n) is 5.43. The molecule has 114 valence electrons. The first-order valence-corrected chi connectivity index (χ1v) is 7.34. The van der Waals surface area contributed by atoms with Gasteiger partial charge >= 0.3 is 0 Å². The number of hydrogen-bond donors (Lipinski definition) is 1. The highest BCUT2D eigenvalue weighted by atomic mass is 35.5. The van der Waals surface area contributed by atoms with Crippen molar-refractivity contribution < 1.29 is 14.7 Å². The highest BCUT2D eigenvalue weighted by Crippen LogP contribution is 2.23. The quantitative estimate of drug-likeness (QED) is 0.908. The number of nitrogens with zero attached hydrogens (tertiary/aromatic N) is 2. The Labute approximate surface area is 129 Å². The predicted octanol–water partition coefficient (Wildman–Crippen LogP) is 1.99. The minimum atomic E-state index is -0.258. The van der Waals surface area contributed by atoms with Crippen molar-refractivity contribution in [2.24, 2.45) is 5.92 Å². The van der Waals surface area contributed by atoms with Crippen molar-refractivity contribution in [3.05, 3.63) is 28.8 Å². The zero-order valence-electron chi connectivity index (χ0n) is 12.2. The predicted molar refractivity (Wildman–Crippen MR) is 80.4 cm³/mol. The molecule has 0 unspecified atom stereocenters. The molecule has 0 saturated carbocycles.